The van der Waals surface area contributed by atoms with Gasteiger partial charge in [0.15, 0.2) is 5.69 Å². The molecule has 1 atom stereocenters. The summed E-state index contributed by atoms with van der Waals surface area (Å²) in [6.45, 7) is 2.44. The number of benzene rings is 1. The molecule has 5 nitrogen and oxygen atoms in total. The lowest BCUT2D eigenvalue weighted by Crippen LogP contribution is -1.98. The first-order valence-electron chi connectivity index (χ1n) is 7.35. The second kappa shape index (κ2) is 5.41. The van der Waals surface area contributed by atoms with Gasteiger partial charge in [-0.15, -0.1) is 0 Å². The van der Waals surface area contributed by atoms with Gasteiger partial charge in [0, 0.05) is 12.2 Å². The standard InChI is InChI=1S/C16H13FN4OS/c1-9-7-10(4-5-11(9)17)14-12(8-18)21-16(19-14)23-15(20-21)13-3-2-6-22-13/h4-5,7,13H,2-3,6H2,1H3. The van der Waals surface area contributed by atoms with E-state index in [4.69, 9.17) is 4.74 Å². The van der Waals surface area contributed by atoms with Crippen molar-refractivity contribution in [1.82, 2.24) is 14.6 Å². The zero-order chi connectivity index (χ0) is 16.0. The fourth-order valence-corrected chi connectivity index (χ4v) is 3.74. The maximum atomic E-state index is 13.5. The molecule has 23 heavy (non-hydrogen) atoms. The van der Waals surface area contributed by atoms with Crippen LogP contribution in [0.25, 0.3) is 16.2 Å². The van der Waals surface area contributed by atoms with Gasteiger partial charge in [-0.05, 0) is 43.5 Å². The molecule has 1 fully saturated rings. The molecule has 1 aliphatic rings. The van der Waals surface area contributed by atoms with Gasteiger partial charge >= 0.3 is 0 Å². The number of imidazole rings is 1. The number of hydrogen-bond acceptors (Lipinski definition) is 5. The molecule has 0 spiro atoms. The highest BCUT2D eigenvalue weighted by Gasteiger charge is 2.25. The van der Waals surface area contributed by atoms with Crippen molar-refractivity contribution in [2.45, 2.75) is 25.9 Å². The van der Waals surface area contributed by atoms with E-state index in [1.54, 1.807) is 23.6 Å². The van der Waals surface area contributed by atoms with Crippen molar-refractivity contribution in [3.8, 4) is 17.3 Å². The molecule has 0 saturated carbocycles. The second-order valence-electron chi connectivity index (χ2n) is 5.52. The van der Waals surface area contributed by atoms with Gasteiger partial charge in [-0.1, -0.05) is 11.3 Å². The first kappa shape index (κ1) is 14.3. The molecule has 0 aliphatic carbocycles. The number of fused-ring (bicyclic) bond motifs is 1. The van der Waals surface area contributed by atoms with E-state index in [-0.39, 0.29) is 11.9 Å². The highest BCUT2D eigenvalue weighted by Crippen LogP contribution is 2.34. The molecule has 0 N–H and O–H groups in total. The third-order valence-electron chi connectivity index (χ3n) is 3.96. The maximum Gasteiger partial charge on any atom is 0.214 e. The molecule has 0 radical (unpaired) electrons. The number of aryl methyl sites for hydroxylation is 1. The Morgan fingerprint density at radius 3 is 3.04 bits per heavy atom. The molecule has 4 rings (SSSR count). The van der Waals surface area contributed by atoms with Crippen LogP contribution in [0, 0.1) is 24.1 Å². The molecule has 7 heteroatoms. The summed E-state index contributed by atoms with van der Waals surface area (Å²) in [6, 6.07) is 6.89. The molecule has 116 valence electrons. The first-order chi connectivity index (χ1) is 11.2. The molecule has 3 heterocycles. The summed E-state index contributed by atoms with van der Waals surface area (Å²) in [5, 5.41) is 14.9. The molecule has 2 aromatic heterocycles. The average molecular weight is 328 g/mol. The lowest BCUT2D eigenvalue weighted by Gasteiger charge is -2.03. The first-order valence-corrected chi connectivity index (χ1v) is 8.16. The van der Waals surface area contributed by atoms with Crippen LogP contribution in [-0.2, 0) is 4.74 Å². The summed E-state index contributed by atoms with van der Waals surface area (Å²) >= 11 is 1.44. The molecule has 0 amide bonds. The lowest BCUT2D eigenvalue weighted by molar-refractivity contribution is 0.111. The van der Waals surface area contributed by atoms with Gasteiger partial charge in [-0.2, -0.15) is 14.9 Å². The summed E-state index contributed by atoms with van der Waals surface area (Å²) < 4.78 is 20.7. The lowest BCUT2D eigenvalue weighted by atomic mass is 10.1. The molecule has 1 unspecified atom stereocenters. The number of hydrogen-bond donors (Lipinski definition) is 0. The van der Waals surface area contributed by atoms with Crippen LogP contribution in [0.4, 0.5) is 4.39 Å². The van der Waals surface area contributed by atoms with E-state index in [0.717, 1.165) is 30.0 Å². The van der Waals surface area contributed by atoms with E-state index in [9.17, 15) is 9.65 Å². The Hall–Kier alpha value is -2.30. The van der Waals surface area contributed by atoms with Crippen LogP contribution >= 0.6 is 11.3 Å². The van der Waals surface area contributed by atoms with E-state index < -0.39 is 0 Å². The van der Waals surface area contributed by atoms with Crippen molar-refractivity contribution in [2.24, 2.45) is 0 Å². The van der Waals surface area contributed by atoms with Crippen LogP contribution < -0.4 is 0 Å². The van der Waals surface area contributed by atoms with Gasteiger partial charge in [0.25, 0.3) is 0 Å². The second-order valence-corrected chi connectivity index (χ2v) is 6.51. The van der Waals surface area contributed by atoms with Crippen molar-refractivity contribution in [1.29, 1.82) is 5.26 Å². The number of nitrogens with zero attached hydrogens (tertiary/aromatic N) is 4. The highest BCUT2D eigenvalue weighted by molar-refractivity contribution is 7.16. The largest absolute Gasteiger partial charge is 0.371 e. The van der Waals surface area contributed by atoms with Crippen molar-refractivity contribution in [3.05, 3.63) is 40.3 Å². The number of halogens is 1. The smallest absolute Gasteiger partial charge is 0.214 e. The minimum atomic E-state index is -0.271. The summed E-state index contributed by atoms with van der Waals surface area (Å²) in [4.78, 5) is 5.19. The van der Waals surface area contributed by atoms with Crippen LogP contribution in [0.2, 0.25) is 0 Å². The number of aromatic nitrogens is 3. The van der Waals surface area contributed by atoms with Gasteiger partial charge < -0.3 is 4.74 Å². The molecule has 0 bridgehead atoms. The number of nitriles is 1. The Bertz CT molecular complexity index is 934. The SMILES string of the molecule is Cc1cc(-c2nc3sc(C4CCCO4)nn3c2C#N)ccc1F. The van der Waals surface area contributed by atoms with E-state index in [2.05, 4.69) is 16.2 Å². The topological polar surface area (TPSA) is 63.2 Å². The van der Waals surface area contributed by atoms with Gasteiger partial charge in [0.05, 0.1) is 0 Å². The van der Waals surface area contributed by atoms with Crippen LogP contribution in [0.3, 0.4) is 0 Å². The number of rotatable bonds is 2. The minimum absolute atomic E-state index is 0.00441. The maximum absolute atomic E-state index is 13.5. The van der Waals surface area contributed by atoms with E-state index >= 15 is 0 Å². The number of ether oxygens (including phenoxy) is 1. The predicted octanol–water partition coefficient (Wildman–Crippen LogP) is 3.63. The quantitative estimate of drug-likeness (QED) is 0.720. The Kier molecular flexibility index (Phi) is 3.36. The summed E-state index contributed by atoms with van der Waals surface area (Å²) in [5.74, 6) is -0.271. The molecule has 1 aliphatic heterocycles. The molecular formula is C16H13FN4OS. The summed E-state index contributed by atoms with van der Waals surface area (Å²) in [7, 11) is 0. The fraction of sp³-hybridized carbons (Fsp3) is 0.312. The van der Waals surface area contributed by atoms with E-state index in [1.165, 1.54) is 17.4 Å². The summed E-state index contributed by atoms with van der Waals surface area (Å²) in [6.07, 6.45) is 1.98. The molecule has 1 saturated heterocycles. The van der Waals surface area contributed by atoms with Crippen LogP contribution in [0.5, 0.6) is 0 Å². The van der Waals surface area contributed by atoms with Crippen LogP contribution in [0.1, 0.15) is 35.2 Å². The Labute approximate surface area is 136 Å². The Balaban J connectivity index is 1.83. The zero-order valence-electron chi connectivity index (χ0n) is 12.4. The predicted molar refractivity (Wildman–Crippen MR) is 83.6 cm³/mol. The third-order valence-corrected chi connectivity index (χ3v) is 4.96. The van der Waals surface area contributed by atoms with Crippen molar-refractivity contribution < 1.29 is 9.13 Å². The fourth-order valence-electron chi connectivity index (χ4n) is 2.76. The van der Waals surface area contributed by atoms with Crippen LogP contribution in [-0.4, -0.2) is 21.2 Å². The van der Waals surface area contributed by atoms with Crippen molar-refractivity contribution >= 4 is 16.3 Å². The Morgan fingerprint density at radius 1 is 1.48 bits per heavy atom. The third kappa shape index (κ3) is 2.31. The van der Waals surface area contributed by atoms with Crippen molar-refractivity contribution in [3.63, 3.8) is 0 Å². The van der Waals surface area contributed by atoms with Crippen LogP contribution in [0.15, 0.2) is 18.2 Å². The van der Waals surface area contributed by atoms with E-state index in [0.29, 0.717) is 21.9 Å². The Morgan fingerprint density at radius 2 is 2.35 bits per heavy atom. The molecular weight excluding hydrogens is 315 g/mol. The van der Waals surface area contributed by atoms with Gasteiger partial charge in [-0.25, -0.2) is 9.37 Å². The van der Waals surface area contributed by atoms with Gasteiger partial charge in [0.2, 0.25) is 4.96 Å². The minimum Gasteiger partial charge on any atom is -0.371 e. The zero-order valence-corrected chi connectivity index (χ0v) is 13.2. The van der Waals surface area contributed by atoms with Gasteiger partial charge in [-0.3, -0.25) is 0 Å². The molecule has 3 aromatic rings. The highest BCUT2D eigenvalue weighted by atomic mass is 32.1. The van der Waals surface area contributed by atoms with Crippen molar-refractivity contribution in [2.75, 3.05) is 6.61 Å². The van der Waals surface area contributed by atoms with Gasteiger partial charge in [0.1, 0.15) is 28.7 Å². The average Bonchev–Trinajstić information content (AvgIpc) is 3.23. The van der Waals surface area contributed by atoms with E-state index in [1.807, 2.05) is 0 Å². The normalized spacial score (nSPS) is 17.7. The summed E-state index contributed by atoms with van der Waals surface area (Å²) in [5.41, 5.74) is 2.15. The monoisotopic (exact) mass is 328 g/mol. The molecule has 1 aromatic carbocycles.